The third-order valence-electron chi connectivity index (χ3n) is 3.75. The number of ether oxygens (including phenoxy) is 4. The van der Waals surface area contributed by atoms with Gasteiger partial charge in [-0.15, -0.1) is 0 Å². The number of methoxy groups -OCH3 is 3. The minimum atomic E-state index is -4.17. The fraction of sp³-hybridized carbons (Fsp3) is 0.316. The smallest absolute Gasteiger partial charge is 0.338 e. The molecule has 0 amide bonds. The number of halogens is 1. The van der Waals surface area contributed by atoms with Gasteiger partial charge in [0.05, 0.1) is 43.7 Å². The second-order valence-electron chi connectivity index (χ2n) is 6.11. The van der Waals surface area contributed by atoms with E-state index in [4.69, 9.17) is 30.5 Å². The van der Waals surface area contributed by atoms with Crippen molar-refractivity contribution in [3.63, 3.8) is 0 Å². The molecule has 0 aromatic heterocycles. The van der Waals surface area contributed by atoms with E-state index in [0.29, 0.717) is 5.75 Å². The molecule has 0 saturated heterocycles. The van der Waals surface area contributed by atoms with E-state index in [0.717, 1.165) is 0 Å². The summed E-state index contributed by atoms with van der Waals surface area (Å²) in [6.45, 7) is 3.39. The predicted octanol–water partition coefficient (Wildman–Crippen LogP) is 3.73. The second kappa shape index (κ2) is 9.23. The number of benzene rings is 2. The van der Waals surface area contributed by atoms with Gasteiger partial charge < -0.3 is 18.9 Å². The van der Waals surface area contributed by atoms with Gasteiger partial charge >= 0.3 is 5.97 Å². The topological polar surface area (TPSA) is 100 Å². The van der Waals surface area contributed by atoms with E-state index in [9.17, 15) is 13.2 Å². The van der Waals surface area contributed by atoms with Crippen LogP contribution in [0.1, 0.15) is 24.2 Å². The van der Waals surface area contributed by atoms with Gasteiger partial charge in [-0.1, -0.05) is 11.6 Å². The summed E-state index contributed by atoms with van der Waals surface area (Å²) in [4.78, 5) is 11.9. The Hall–Kier alpha value is -2.65. The molecule has 158 valence electrons. The summed E-state index contributed by atoms with van der Waals surface area (Å²) in [5.41, 5.74) is 0.162. The molecule has 2 aromatic carbocycles. The normalized spacial score (nSPS) is 11.1. The van der Waals surface area contributed by atoms with Crippen molar-refractivity contribution in [3.8, 4) is 17.2 Å². The Balaban J connectivity index is 2.50. The molecule has 0 fully saturated rings. The minimum absolute atomic E-state index is 0.0529. The molecule has 0 unspecified atom stereocenters. The summed E-state index contributed by atoms with van der Waals surface area (Å²) < 4.78 is 49.1. The van der Waals surface area contributed by atoms with E-state index in [1.54, 1.807) is 13.8 Å². The Bertz CT molecular complexity index is 1010. The van der Waals surface area contributed by atoms with Crippen LogP contribution in [-0.2, 0) is 14.8 Å². The van der Waals surface area contributed by atoms with Crippen molar-refractivity contribution >= 4 is 33.3 Å². The molecule has 0 aliphatic carbocycles. The summed E-state index contributed by atoms with van der Waals surface area (Å²) in [6.07, 6.45) is -0.353. The Kier molecular flexibility index (Phi) is 7.21. The first-order chi connectivity index (χ1) is 13.6. The average Bonchev–Trinajstić information content (AvgIpc) is 2.66. The molecule has 0 radical (unpaired) electrons. The zero-order chi connectivity index (χ0) is 21.8. The third kappa shape index (κ3) is 5.24. The van der Waals surface area contributed by atoms with Crippen LogP contribution < -0.4 is 18.9 Å². The molecular weight excluding hydrogens is 422 g/mol. The molecule has 8 nitrogen and oxygen atoms in total. The number of carbonyl (C=O) groups excluding carboxylic acids is 1. The van der Waals surface area contributed by atoms with Gasteiger partial charge in [0.1, 0.15) is 22.1 Å². The molecule has 0 aliphatic heterocycles. The van der Waals surface area contributed by atoms with Gasteiger partial charge in [0.25, 0.3) is 10.0 Å². The van der Waals surface area contributed by atoms with Crippen molar-refractivity contribution in [1.82, 2.24) is 0 Å². The Morgan fingerprint density at radius 1 is 0.966 bits per heavy atom. The quantitative estimate of drug-likeness (QED) is 0.620. The van der Waals surface area contributed by atoms with Gasteiger partial charge in [-0.25, -0.2) is 13.2 Å². The van der Waals surface area contributed by atoms with Crippen LogP contribution in [0, 0.1) is 0 Å². The maximum absolute atomic E-state index is 13.0. The van der Waals surface area contributed by atoms with Crippen LogP contribution >= 0.6 is 11.6 Å². The van der Waals surface area contributed by atoms with Crippen LogP contribution in [0.15, 0.2) is 35.2 Å². The summed E-state index contributed by atoms with van der Waals surface area (Å²) in [5, 5.41) is 0.187. The number of sulfonamides is 1. The number of nitrogens with one attached hydrogen (secondary N) is 1. The lowest BCUT2D eigenvalue weighted by molar-refractivity contribution is 0.0377. The van der Waals surface area contributed by atoms with Crippen LogP contribution in [0.2, 0.25) is 5.02 Å². The lowest BCUT2D eigenvalue weighted by Gasteiger charge is -2.16. The van der Waals surface area contributed by atoms with Crippen LogP contribution in [-0.4, -0.2) is 41.8 Å². The summed E-state index contributed by atoms with van der Waals surface area (Å²) in [6, 6.07) is 6.80. The molecule has 0 saturated carbocycles. The van der Waals surface area contributed by atoms with Gasteiger partial charge in [-0.3, -0.25) is 4.72 Å². The van der Waals surface area contributed by atoms with Crippen LogP contribution in [0.4, 0.5) is 5.69 Å². The molecule has 0 bridgehead atoms. The van der Waals surface area contributed by atoms with Crippen molar-refractivity contribution in [2.24, 2.45) is 0 Å². The number of rotatable bonds is 8. The highest BCUT2D eigenvalue weighted by atomic mass is 35.5. The van der Waals surface area contributed by atoms with Gasteiger partial charge in [-0.05, 0) is 38.1 Å². The van der Waals surface area contributed by atoms with E-state index < -0.39 is 16.0 Å². The van der Waals surface area contributed by atoms with Gasteiger partial charge in [0, 0.05) is 6.07 Å². The first-order valence-electron chi connectivity index (χ1n) is 8.46. The molecule has 0 heterocycles. The Labute approximate surface area is 174 Å². The number of carbonyl (C=O) groups is 1. The number of anilines is 1. The summed E-state index contributed by atoms with van der Waals surface area (Å²) in [7, 11) is -0.0408. The molecule has 2 rings (SSSR count). The second-order valence-corrected chi connectivity index (χ2v) is 8.17. The summed E-state index contributed by atoms with van der Waals surface area (Å²) in [5.74, 6) is -0.0759. The lowest BCUT2D eigenvalue weighted by Crippen LogP contribution is -2.17. The molecule has 10 heteroatoms. The fourth-order valence-corrected chi connectivity index (χ4v) is 3.93. The van der Waals surface area contributed by atoms with Gasteiger partial charge in [-0.2, -0.15) is 0 Å². The average molecular weight is 444 g/mol. The molecule has 0 aliphatic rings. The number of esters is 1. The molecule has 1 N–H and O–H groups in total. The number of hydrogen-bond acceptors (Lipinski definition) is 7. The van der Waals surface area contributed by atoms with Crippen molar-refractivity contribution in [1.29, 1.82) is 0 Å². The highest BCUT2D eigenvalue weighted by molar-refractivity contribution is 7.92. The van der Waals surface area contributed by atoms with Crippen molar-refractivity contribution in [2.75, 3.05) is 26.1 Å². The van der Waals surface area contributed by atoms with Crippen molar-refractivity contribution in [3.05, 3.63) is 40.9 Å². The first kappa shape index (κ1) is 22.6. The molecule has 0 atom stereocenters. The van der Waals surface area contributed by atoms with E-state index in [2.05, 4.69) is 4.72 Å². The van der Waals surface area contributed by atoms with E-state index >= 15 is 0 Å². The predicted molar refractivity (Wildman–Crippen MR) is 109 cm³/mol. The SMILES string of the molecule is COc1cc(OC)c(NS(=O)(=O)c2cc(C(=O)OC(C)C)ccc2OC)cc1Cl. The third-order valence-corrected chi connectivity index (χ3v) is 5.43. The first-order valence-corrected chi connectivity index (χ1v) is 10.3. The van der Waals surface area contributed by atoms with Crippen molar-refractivity contribution in [2.45, 2.75) is 24.8 Å². The molecule has 0 spiro atoms. The van der Waals surface area contributed by atoms with Crippen LogP contribution in [0.25, 0.3) is 0 Å². The number of hydrogen-bond donors (Lipinski definition) is 1. The Morgan fingerprint density at radius 3 is 2.14 bits per heavy atom. The van der Waals surface area contributed by atoms with Gasteiger partial charge in [0.2, 0.25) is 0 Å². The monoisotopic (exact) mass is 443 g/mol. The Morgan fingerprint density at radius 2 is 1.59 bits per heavy atom. The van der Waals surface area contributed by atoms with E-state index in [1.165, 1.54) is 51.7 Å². The largest absolute Gasteiger partial charge is 0.495 e. The van der Waals surface area contributed by atoms with E-state index in [-0.39, 0.29) is 38.8 Å². The molecular formula is C19H22ClNO7S. The highest BCUT2D eigenvalue weighted by Gasteiger charge is 2.24. The van der Waals surface area contributed by atoms with Crippen molar-refractivity contribution < 1.29 is 32.2 Å². The zero-order valence-corrected chi connectivity index (χ0v) is 18.2. The maximum Gasteiger partial charge on any atom is 0.338 e. The van der Waals surface area contributed by atoms with Crippen LogP contribution in [0.5, 0.6) is 17.2 Å². The highest BCUT2D eigenvalue weighted by Crippen LogP contribution is 2.37. The van der Waals surface area contributed by atoms with Gasteiger partial charge in [0.15, 0.2) is 0 Å². The molecule has 29 heavy (non-hydrogen) atoms. The zero-order valence-electron chi connectivity index (χ0n) is 16.6. The van der Waals surface area contributed by atoms with E-state index in [1.807, 2.05) is 0 Å². The lowest BCUT2D eigenvalue weighted by atomic mass is 10.2. The van der Waals surface area contributed by atoms with Crippen LogP contribution in [0.3, 0.4) is 0 Å². The minimum Gasteiger partial charge on any atom is -0.495 e. The molecule has 2 aromatic rings. The fourth-order valence-electron chi connectivity index (χ4n) is 2.44. The standard InChI is InChI=1S/C19H22ClNO7S/c1-11(2)28-19(22)12-6-7-15(25-3)18(8-12)29(23,24)21-14-9-13(20)16(26-4)10-17(14)27-5/h6-11,21H,1-5H3. The maximum atomic E-state index is 13.0. The summed E-state index contributed by atoms with van der Waals surface area (Å²) >= 11 is 6.11.